The number of sulfonamides is 1. The summed E-state index contributed by atoms with van der Waals surface area (Å²) >= 11 is 0. The zero-order chi connectivity index (χ0) is 23.4. The van der Waals surface area contributed by atoms with E-state index in [0.717, 1.165) is 0 Å². The fraction of sp³-hybridized carbons (Fsp3) is 0.120. The molecule has 0 aliphatic heterocycles. The molecule has 0 fully saturated rings. The van der Waals surface area contributed by atoms with Crippen LogP contribution in [0.3, 0.4) is 0 Å². The van der Waals surface area contributed by atoms with E-state index in [4.69, 9.17) is 0 Å². The van der Waals surface area contributed by atoms with Gasteiger partial charge in [-0.05, 0) is 36.8 Å². The Labute approximate surface area is 193 Å². The summed E-state index contributed by atoms with van der Waals surface area (Å²) < 4.78 is 43.2. The predicted molar refractivity (Wildman–Crippen MR) is 128 cm³/mol. The van der Waals surface area contributed by atoms with Crippen molar-refractivity contribution in [3.8, 4) is 0 Å². The van der Waals surface area contributed by atoms with E-state index in [0.29, 0.717) is 22.9 Å². The summed E-state index contributed by atoms with van der Waals surface area (Å²) in [5.41, 5.74) is 0.948. The van der Waals surface area contributed by atoms with Gasteiger partial charge in [-0.3, -0.25) is 14.5 Å². The molecule has 0 aliphatic carbocycles. The van der Waals surface area contributed by atoms with Crippen LogP contribution in [-0.4, -0.2) is 19.3 Å². The molecule has 0 aliphatic rings. The summed E-state index contributed by atoms with van der Waals surface area (Å²) in [7, 11) is -4.04. The van der Waals surface area contributed by atoms with E-state index in [-0.39, 0.29) is 17.6 Å². The number of rotatable bonds is 7. The number of carbonyl (C=O) groups excluding carboxylic acids is 1. The number of nitrogens with one attached hydrogen (secondary N) is 2. The maximum absolute atomic E-state index is 14.2. The minimum atomic E-state index is -4.04. The average molecular weight is 466 g/mol. The largest absolute Gasteiger partial charge is 0.345 e. The van der Waals surface area contributed by atoms with Crippen molar-refractivity contribution in [1.82, 2.24) is 10.3 Å². The van der Waals surface area contributed by atoms with Crippen LogP contribution in [0.5, 0.6) is 0 Å². The van der Waals surface area contributed by atoms with Crippen molar-refractivity contribution in [1.29, 1.82) is 0 Å². The van der Waals surface area contributed by atoms with E-state index < -0.39 is 27.8 Å². The van der Waals surface area contributed by atoms with Gasteiger partial charge in [0.1, 0.15) is 10.7 Å². The first-order valence-corrected chi connectivity index (χ1v) is 11.9. The molecule has 4 rings (SSSR count). The molecule has 0 saturated heterocycles. The number of hydrogen-bond acceptors (Lipinski definition) is 4. The lowest BCUT2D eigenvalue weighted by molar-refractivity contribution is 0.0936. The van der Waals surface area contributed by atoms with E-state index in [1.807, 2.05) is 6.92 Å². The zero-order valence-corrected chi connectivity index (χ0v) is 18.6. The molecule has 170 valence electrons. The van der Waals surface area contributed by atoms with Crippen LogP contribution in [0.1, 0.15) is 36.7 Å². The molecular weight excluding hydrogens is 441 g/mol. The topological polar surface area (TPSA) is 88.2 Å². The van der Waals surface area contributed by atoms with Gasteiger partial charge in [0, 0.05) is 18.6 Å². The van der Waals surface area contributed by atoms with Gasteiger partial charge in [-0.2, -0.15) is 0 Å². The molecule has 0 saturated carbocycles. The summed E-state index contributed by atoms with van der Waals surface area (Å²) in [4.78, 5) is 17.3. The number of benzene rings is 3. The lowest BCUT2D eigenvalue weighted by Gasteiger charge is -2.19. The van der Waals surface area contributed by atoms with E-state index in [9.17, 15) is 17.6 Å². The van der Waals surface area contributed by atoms with Crippen LogP contribution in [-0.2, 0) is 10.0 Å². The first-order chi connectivity index (χ1) is 15.9. The summed E-state index contributed by atoms with van der Waals surface area (Å²) in [5, 5.41) is 3.49. The van der Waals surface area contributed by atoms with Gasteiger partial charge in [-0.25, -0.2) is 12.8 Å². The lowest BCUT2D eigenvalue weighted by atomic mass is 10.0. The molecule has 33 heavy (non-hydrogen) atoms. The third kappa shape index (κ3) is 4.70. The molecule has 0 radical (unpaired) electrons. The van der Waals surface area contributed by atoms with E-state index in [2.05, 4.69) is 15.0 Å². The average Bonchev–Trinajstić information content (AvgIpc) is 2.82. The minimum absolute atomic E-state index is 0. The third-order valence-corrected chi connectivity index (χ3v) is 6.69. The van der Waals surface area contributed by atoms with Crippen molar-refractivity contribution in [3.05, 3.63) is 102 Å². The highest BCUT2D eigenvalue weighted by Gasteiger charge is 2.23. The molecule has 1 amide bonds. The summed E-state index contributed by atoms with van der Waals surface area (Å²) in [6.45, 7) is 1.83. The van der Waals surface area contributed by atoms with Crippen LogP contribution in [0.25, 0.3) is 10.9 Å². The van der Waals surface area contributed by atoms with Crippen molar-refractivity contribution < 1.29 is 19.0 Å². The normalized spacial score (nSPS) is 12.3. The van der Waals surface area contributed by atoms with Gasteiger partial charge in [-0.1, -0.05) is 55.5 Å². The highest BCUT2D eigenvalue weighted by atomic mass is 32.2. The van der Waals surface area contributed by atoms with E-state index >= 15 is 0 Å². The maximum Gasteiger partial charge on any atom is 0.264 e. The van der Waals surface area contributed by atoms with Gasteiger partial charge < -0.3 is 5.32 Å². The maximum atomic E-state index is 14.2. The molecule has 8 heteroatoms. The molecule has 0 spiro atoms. The number of nitrogens with zero attached hydrogens (tertiary/aromatic N) is 1. The first kappa shape index (κ1) is 22.4. The molecule has 2 N–H and O–H groups in total. The number of anilines is 1. The zero-order valence-electron chi connectivity index (χ0n) is 17.8. The number of aromatic nitrogens is 1. The molecule has 3 aromatic carbocycles. The molecular formula is C25H24FN3O3S. The number of pyridine rings is 1. The number of hydrogen-bond donors (Lipinski definition) is 2. The van der Waals surface area contributed by atoms with Crippen LogP contribution >= 0.6 is 0 Å². The second-order valence-corrected chi connectivity index (χ2v) is 9.09. The Morgan fingerprint density at radius 3 is 2.52 bits per heavy atom. The van der Waals surface area contributed by atoms with Crippen molar-refractivity contribution >= 4 is 32.5 Å². The Hall–Kier alpha value is -3.78. The van der Waals surface area contributed by atoms with Crippen molar-refractivity contribution in [3.63, 3.8) is 0 Å². The van der Waals surface area contributed by atoms with Gasteiger partial charge in [0.05, 0.1) is 22.8 Å². The summed E-state index contributed by atoms with van der Waals surface area (Å²) in [6, 6.07) is 20.3. The highest BCUT2D eigenvalue weighted by Crippen LogP contribution is 2.26. The predicted octanol–water partition coefficient (Wildman–Crippen LogP) is 5.30. The number of fused-ring (bicyclic) bond motifs is 1. The molecule has 4 aromatic rings. The van der Waals surface area contributed by atoms with E-state index in [1.54, 1.807) is 54.6 Å². The number of halogens is 1. The van der Waals surface area contributed by atoms with Crippen LogP contribution in [0.15, 0.2) is 90.0 Å². The molecule has 1 unspecified atom stereocenters. The van der Waals surface area contributed by atoms with Gasteiger partial charge in [0.25, 0.3) is 15.9 Å². The number of para-hydroxylation sites is 2. The Morgan fingerprint density at radius 2 is 1.73 bits per heavy atom. The lowest BCUT2D eigenvalue weighted by Crippen LogP contribution is -2.29. The third-order valence-electron chi connectivity index (χ3n) is 5.30. The monoisotopic (exact) mass is 465 g/mol. The van der Waals surface area contributed by atoms with E-state index in [1.165, 1.54) is 30.5 Å². The second kappa shape index (κ2) is 9.38. The van der Waals surface area contributed by atoms with Gasteiger partial charge >= 0.3 is 0 Å². The fourth-order valence-corrected chi connectivity index (χ4v) is 4.92. The van der Waals surface area contributed by atoms with Crippen molar-refractivity contribution in [2.75, 3.05) is 4.72 Å². The van der Waals surface area contributed by atoms with Gasteiger partial charge in [0.15, 0.2) is 0 Å². The Bertz CT molecular complexity index is 1420. The Morgan fingerprint density at radius 1 is 1.00 bits per heavy atom. The van der Waals surface area contributed by atoms with Crippen LogP contribution in [0, 0.1) is 5.82 Å². The summed E-state index contributed by atoms with van der Waals surface area (Å²) in [5.74, 6) is -0.929. The standard InChI is InChI=1S/C25H22FN3O3S.H2/c1-2-21(18-11-3-5-13-20(18)26)28-25(30)19-12-4-6-14-22(19)29-33(31,32)23-15-7-9-17-10-8-16-27-24(17)23;/h3-16,21,29H,2H2,1H3,(H,28,30);1H. The van der Waals surface area contributed by atoms with Crippen molar-refractivity contribution in [2.45, 2.75) is 24.3 Å². The smallest absolute Gasteiger partial charge is 0.264 e. The van der Waals surface area contributed by atoms with Gasteiger partial charge in [-0.15, -0.1) is 0 Å². The molecule has 1 heterocycles. The van der Waals surface area contributed by atoms with Gasteiger partial charge in [0.2, 0.25) is 0 Å². The minimum Gasteiger partial charge on any atom is -0.345 e. The quantitative estimate of drug-likeness (QED) is 0.388. The van der Waals surface area contributed by atoms with Crippen LogP contribution in [0.4, 0.5) is 10.1 Å². The SMILES string of the molecule is CCC(NC(=O)c1ccccc1NS(=O)(=O)c1cccc2cccnc12)c1ccccc1F.[HH]. The molecule has 1 atom stereocenters. The fourth-order valence-electron chi connectivity index (χ4n) is 3.66. The number of carbonyl (C=O) groups is 1. The highest BCUT2D eigenvalue weighted by molar-refractivity contribution is 7.93. The summed E-state index contributed by atoms with van der Waals surface area (Å²) in [6.07, 6.45) is 1.98. The van der Waals surface area contributed by atoms with Crippen molar-refractivity contribution in [2.24, 2.45) is 0 Å². The van der Waals surface area contributed by atoms with Crippen LogP contribution < -0.4 is 10.0 Å². The molecule has 0 bridgehead atoms. The Balaban J connectivity index is 0.00000324. The second-order valence-electron chi connectivity index (χ2n) is 7.44. The first-order valence-electron chi connectivity index (χ1n) is 10.4. The number of amides is 1. The molecule has 6 nitrogen and oxygen atoms in total. The molecule has 1 aromatic heterocycles. The van der Waals surface area contributed by atoms with Crippen LogP contribution in [0.2, 0.25) is 0 Å². The Kier molecular flexibility index (Phi) is 6.37.